The van der Waals surface area contributed by atoms with Crippen LogP contribution in [0.25, 0.3) is 10.8 Å². The summed E-state index contributed by atoms with van der Waals surface area (Å²) in [5.41, 5.74) is 1.03. The molecule has 212 valence electrons. The fourth-order valence-corrected chi connectivity index (χ4v) is 5.99. The van der Waals surface area contributed by atoms with Crippen LogP contribution in [0.1, 0.15) is 24.0 Å². The van der Waals surface area contributed by atoms with Gasteiger partial charge in [-0.15, -0.1) is 0 Å². The second kappa shape index (κ2) is 11.7. The predicted octanol–water partition coefficient (Wildman–Crippen LogP) is 4.31. The molecule has 2 heterocycles. The summed E-state index contributed by atoms with van der Waals surface area (Å²) >= 11 is 0. The number of methoxy groups -OCH3 is 4. The number of benzene rings is 3. The number of ether oxygens (including phenoxy) is 4. The van der Waals surface area contributed by atoms with Gasteiger partial charge < -0.3 is 23.8 Å². The molecule has 0 N–H and O–H groups in total. The van der Waals surface area contributed by atoms with Gasteiger partial charge in [0.2, 0.25) is 0 Å². The van der Waals surface area contributed by atoms with Crippen molar-refractivity contribution in [3.8, 4) is 17.2 Å². The van der Waals surface area contributed by atoms with E-state index >= 15 is 0 Å². The lowest BCUT2D eigenvalue weighted by molar-refractivity contribution is -0.136. The van der Waals surface area contributed by atoms with E-state index in [0.717, 1.165) is 33.4 Å². The van der Waals surface area contributed by atoms with Crippen molar-refractivity contribution in [3.63, 3.8) is 0 Å². The number of imide groups is 1. The summed E-state index contributed by atoms with van der Waals surface area (Å²) in [5.74, 6) is 2.19. The Morgan fingerprint density at radius 1 is 0.825 bits per heavy atom. The lowest BCUT2D eigenvalue weighted by Gasteiger charge is -2.42. The molecular formula is C31H37N3O6. The Morgan fingerprint density at radius 3 is 2.27 bits per heavy atom. The van der Waals surface area contributed by atoms with Crippen LogP contribution in [0.5, 0.6) is 17.2 Å². The largest absolute Gasteiger partial charge is 0.497 e. The lowest BCUT2D eigenvalue weighted by Crippen LogP contribution is -2.57. The number of carbonyl (C=O) groups is 2. The van der Waals surface area contributed by atoms with Crippen molar-refractivity contribution >= 4 is 22.7 Å². The van der Waals surface area contributed by atoms with Crippen molar-refractivity contribution in [1.82, 2.24) is 14.7 Å². The van der Waals surface area contributed by atoms with Gasteiger partial charge in [-0.25, -0.2) is 4.79 Å². The first kappa shape index (κ1) is 27.7. The minimum atomic E-state index is -0.873. The number of fused-ring (bicyclic) bond motifs is 1. The summed E-state index contributed by atoms with van der Waals surface area (Å²) in [5, 5.41) is 2.09. The third-order valence-electron chi connectivity index (χ3n) is 8.15. The number of rotatable bonds is 10. The first-order valence-corrected chi connectivity index (χ1v) is 13.6. The van der Waals surface area contributed by atoms with Crippen LogP contribution in [0.4, 0.5) is 4.79 Å². The molecule has 5 rings (SSSR count). The molecule has 2 saturated heterocycles. The minimum Gasteiger partial charge on any atom is -0.497 e. The number of nitrogens with zero attached hydrogens (tertiary/aromatic N) is 3. The summed E-state index contributed by atoms with van der Waals surface area (Å²) in [6.45, 7) is 2.95. The first-order valence-electron chi connectivity index (χ1n) is 13.6. The van der Waals surface area contributed by atoms with E-state index in [4.69, 9.17) is 18.9 Å². The molecule has 2 aliphatic rings. The molecule has 3 amide bonds. The molecule has 2 fully saturated rings. The zero-order chi connectivity index (χ0) is 28.3. The summed E-state index contributed by atoms with van der Waals surface area (Å²) < 4.78 is 22.0. The van der Waals surface area contributed by atoms with Gasteiger partial charge in [0.05, 0.1) is 34.5 Å². The number of likely N-dealkylation sites (tertiary alicyclic amines) is 1. The van der Waals surface area contributed by atoms with E-state index in [1.165, 1.54) is 4.90 Å². The Balaban J connectivity index is 1.36. The topological polar surface area (TPSA) is 80.8 Å². The van der Waals surface area contributed by atoms with E-state index < -0.39 is 5.54 Å². The molecule has 0 bridgehead atoms. The number of piperidine rings is 1. The molecule has 0 atom stereocenters. The predicted molar refractivity (Wildman–Crippen MR) is 152 cm³/mol. The zero-order valence-corrected chi connectivity index (χ0v) is 23.6. The Bertz CT molecular complexity index is 1380. The van der Waals surface area contributed by atoms with Gasteiger partial charge in [-0.05, 0) is 54.1 Å². The van der Waals surface area contributed by atoms with Crippen LogP contribution in [0, 0.1) is 0 Å². The summed E-state index contributed by atoms with van der Waals surface area (Å²) in [7, 11) is 6.57. The highest BCUT2D eigenvalue weighted by Crippen LogP contribution is 2.39. The maximum atomic E-state index is 13.9. The van der Waals surface area contributed by atoms with Gasteiger partial charge in [0.25, 0.3) is 5.91 Å². The van der Waals surface area contributed by atoms with Crippen LogP contribution < -0.4 is 14.2 Å². The summed E-state index contributed by atoms with van der Waals surface area (Å²) in [6.07, 6.45) is 1.10. The van der Waals surface area contributed by atoms with Crippen LogP contribution in [0.2, 0.25) is 0 Å². The van der Waals surface area contributed by atoms with Crippen molar-refractivity contribution in [1.29, 1.82) is 0 Å². The fraction of sp³-hybridized carbons (Fsp3) is 0.419. The van der Waals surface area contributed by atoms with Crippen molar-refractivity contribution < 1.29 is 28.5 Å². The van der Waals surface area contributed by atoms with Gasteiger partial charge in [-0.3, -0.25) is 14.6 Å². The van der Waals surface area contributed by atoms with Crippen molar-refractivity contribution in [3.05, 3.63) is 65.7 Å². The van der Waals surface area contributed by atoms with Gasteiger partial charge in [0, 0.05) is 44.2 Å². The smallest absolute Gasteiger partial charge is 0.328 e. The normalized spacial score (nSPS) is 17.2. The van der Waals surface area contributed by atoms with E-state index in [9.17, 15) is 9.59 Å². The average Bonchev–Trinajstić information content (AvgIpc) is 3.17. The Labute approximate surface area is 235 Å². The Morgan fingerprint density at radius 2 is 1.57 bits per heavy atom. The average molecular weight is 548 g/mol. The SMILES string of the molecule is COCCN1C(=O)N(Cc2cccc(OC)c2)C(=O)C12CCN(Cc1cc3c(OC)cccc3cc1OC)CC2. The molecule has 0 unspecified atom stereocenters. The second-order valence-corrected chi connectivity index (χ2v) is 10.3. The molecule has 2 aliphatic heterocycles. The minimum absolute atomic E-state index is 0.135. The molecule has 9 heteroatoms. The maximum absolute atomic E-state index is 13.9. The van der Waals surface area contributed by atoms with Gasteiger partial charge in [0.1, 0.15) is 22.8 Å². The molecule has 0 aliphatic carbocycles. The molecule has 1 spiro atoms. The lowest BCUT2D eigenvalue weighted by atomic mass is 9.85. The molecule has 3 aromatic rings. The highest BCUT2D eigenvalue weighted by molar-refractivity contribution is 6.07. The van der Waals surface area contributed by atoms with Crippen molar-refractivity contribution in [2.45, 2.75) is 31.5 Å². The number of urea groups is 1. The van der Waals surface area contributed by atoms with E-state index in [1.54, 1.807) is 33.3 Å². The Hall–Kier alpha value is -3.82. The molecule has 0 aromatic heterocycles. The van der Waals surface area contributed by atoms with E-state index in [1.807, 2.05) is 48.5 Å². The van der Waals surface area contributed by atoms with Gasteiger partial charge in [-0.2, -0.15) is 0 Å². The molecule has 3 aromatic carbocycles. The standard InChI is InChI=1S/C31H37N3O6/c1-37-16-15-34-30(36)33(20-22-7-5-9-25(17-22)38-2)29(35)31(34)11-13-32(14-12-31)21-24-18-26-23(19-28(24)40-4)8-6-10-27(26)39-3/h5-10,17-19H,11-16,20-21H2,1-4H3. The summed E-state index contributed by atoms with van der Waals surface area (Å²) in [4.78, 5) is 33.0. The van der Waals surface area contributed by atoms with Crippen LogP contribution in [-0.2, 0) is 22.6 Å². The maximum Gasteiger partial charge on any atom is 0.328 e. The molecule has 40 heavy (non-hydrogen) atoms. The van der Waals surface area contributed by atoms with E-state index in [2.05, 4.69) is 11.0 Å². The van der Waals surface area contributed by atoms with Crippen LogP contribution >= 0.6 is 0 Å². The highest BCUT2D eigenvalue weighted by atomic mass is 16.5. The number of hydrogen-bond acceptors (Lipinski definition) is 7. The monoisotopic (exact) mass is 547 g/mol. The van der Waals surface area contributed by atoms with E-state index in [-0.39, 0.29) is 18.5 Å². The van der Waals surface area contributed by atoms with Crippen molar-refractivity contribution in [2.75, 3.05) is 54.7 Å². The number of hydrogen-bond donors (Lipinski definition) is 0. The molecule has 9 nitrogen and oxygen atoms in total. The third kappa shape index (κ3) is 5.07. The van der Waals surface area contributed by atoms with Gasteiger partial charge in [-0.1, -0.05) is 24.3 Å². The molecule has 0 saturated carbocycles. The van der Waals surface area contributed by atoms with Crippen molar-refractivity contribution in [2.24, 2.45) is 0 Å². The number of carbonyl (C=O) groups excluding carboxylic acids is 2. The third-order valence-corrected chi connectivity index (χ3v) is 8.15. The molecule has 0 radical (unpaired) electrons. The van der Waals surface area contributed by atoms with E-state index in [0.29, 0.717) is 51.4 Å². The van der Waals surface area contributed by atoms with Gasteiger partial charge in [0.15, 0.2) is 0 Å². The van der Waals surface area contributed by atoms with Crippen LogP contribution in [0.3, 0.4) is 0 Å². The quantitative estimate of drug-likeness (QED) is 0.350. The summed E-state index contributed by atoms with van der Waals surface area (Å²) in [6, 6.07) is 17.4. The first-order chi connectivity index (χ1) is 19.4. The molecular weight excluding hydrogens is 510 g/mol. The van der Waals surface area contributed by atoms with Crippen LogP contribution in [-0.4, -0.2) is 86.9 Å². The highest BCUT2D eigenvalue weighted by Gasteiger charge is 2.57. The zero-order valence-electron chi connectivity index (χ0n) is 23.6. The fourth-order valence-electron chi connectivity index (χ4n) is 5.99. The second-order valence-electron chi connectivity index (χ2n) is 10.3. The van der Waals surface area contributed by atoms with Gasteiger partial charge >= 0.3 is 6.03 Å². The number of amides is 3. The van der Waals surface area contributed by atoms with Crippen LogP contribution in [0.15, 0.2) is 54.6 Å². The Kier molecular flexibility index (Phi) is 8.14.